The number of aryl methyl sites for hydroxylation is 1. The standard InChI is InChI=1S/C25H20N2O5S2/c1-3-31-23(28)16-6-4-15(5-7-16)11-18-22(17-8-9-19-20(12-17)27-34-26-19)24(29)32-25(18,30)21-10-14(2)13-33-21/h4-10,12-13,30H,3,11H2,1-2H3. The molecule has 7 nitrogen and oxygen atoms in total. The molecule has 0 saturated heterocycles. The van der Waals surface area contributed by atoms with Crippen LogP contribution in [-0.2, 0) is 26.5 Å². The molecule has 0 aliphatic carbocycles. The highest BCUT2D eigenvalue weighted by Crippen LogP contribution is 2.46. The summed E-state index contributed by atoms with van der Waals surface area (Å²) < 4.78 is 19.2. The summed E-state index contributed by atoms with van der Waals surface area (Å²) in [7, 11) is 0. The van der Waals surface area contributed by atoms with E-state index in [0.717, 1.165) is 28.4 Å². The third-order valence-electron chi connectivity index (χ3n) is 5.61. The molecule has 1 atom stereocenters. The van der Waals surface area contributed by atoms with E-state index in [0.29, 0.717) is 39.3 Å². The van der Waals surface area contributed by atoms with Gasteiger partial charge in [-0.05, 0) is 66.2 Å². The lowest BCUT2D eigenvalue weighted by Gasteiger charge is -2.24. The molecule has 34 heavy (non-hydrogen) atoms. The Hall–Kier alpha value is -3.40. The summed E-state index contributed by atoms with van der Waals surface area (Å²) in [6.45, 7) is 3.97. The highest BCUT2D eigenvalue weighted by molar-refractivity contribution is 7.10. The third-order valence-corrected chi connectivity index (χ3v) is 7.30. The average molecular weight is 493 g/mol. The molecule has 5 rings (SSSR count). The van der Waals surface area contributed by atoms with Gasteiger partial charge in [0, 0.05) is 12.0 Å². The smallest absolute Gasteiger partial charge is 0.342 e. The molecule has 1 unspecified atom stereocenters. The highest BCUT2D eigenvalue weighted by Gasteiger charge is 2.49. The first-order chi connectivity index (χ1) is 16.4. The zero-order valence-electron chi connectivity index (χ0n) is 18.4. The van der Waals surface area contributed by atoms with Gasteiger partial charge in [-0.25, -0.2) is 9.59 Å². The van der Waals surface area contributed by atoms with Crippen LogP contribution in [0, 0.1) is 6.92 Å². The largest absolute Gasteiger partial charge is 0.462 e. The minimum Gasteiger partial charge on any atom is -0.462 e. The molecule has 0 saturated carbocycles. The maximum Gasteiger partial charge on any atom is 0.342 e. The number of fused-ring (bicyclic) bond motifs is 1. The summed E-state index contributed by atoms with van der Waals surface area (Å²) in [4.78, 5) is 25.7. The summed E-state index contributed by atoms with van der Waals surface area (Å²) in [6.07, 6.45) is 0.241. The van der Waals surface area contributed by atoms with Gasteiger partial charge in [0.25, 0.3) is 5.79 Å². The van der Waals surface area contributed by atoms with Crippen molar-refractivity contribution in [2.75, 3.05) is 6.61 Å². The van der Waals surface area contributed by atoms with Gasteiger partial charge in [-0.15, -0.1) is 11.3 Å². The number of cyclic esters (lactones) is 1. The predicted molar refractivity (Wildman–Crippen MR) is 129 cm³/mol. The van der Waals surface area contributed by atoms with Crippen LogP contribution in [0.2, 0.25) is 0 Å². The molecule has 2 aromatic carbocycles. The van der Waals surface area contributed by atoms with Gasteiger partial charge in [0.2, 0.25) is 0 Å². The number of rotatable bonds is 6. The monoisotopic (exact) mass is 492 g/mol. The topological polar surface area (TPSA) is 98.6 Å². The zero-order valence-corrected chi connectivity index (χ0v) is 20.0. The second-order valence-electron chi connectivity index (χ2n) is 7.94. The van der Waals surface area contributed by atoms with Crippen molar-refractivity contribution in [2.45, 2.75) is 26.1 Å². The van der Waals surface area contributed by atoms with Gasteiger partial charge in [0.05, 0.1) is 34.3 Å². The second kappa shape index (κ2) is 8.75. The lowest BCUT2D eigenvalue weighted by atomic mass is 9.90. The molecule has 4 aromatic rings. The summed E-state index contributed by atoms with van der Waals surface area (Å²) in [5, 5.41) is 13.6. The van der Waals surface area contributed by atoms with Crippen molar-refractivity contribution in [3.63, 3.8) is 0 Å². The van der Waals surface area contributed by atoms with Crippen molar-refractivity contribution < 1.29 is 24.2 Å². The van der Waals surface area contributed by atoms with Gasteiger partial charge in [-0.3, -0.25) is 0 Å². The van der Waals surface area contributed by atoms with E-state index in [1.807, 2.05) is 18.4 Å². The number of hydrogen-bond donors (Lipinski definition) is 1. The van der Waals surface area contributed by atoms with Crippen molar-refractivity contribution in [2.24, 2.45) is 0 Å². The highest BCUT2D eigenvalue weighted by atomic mass is 32.1. The quantitative estimate of drug-likeness (QED) is 0.392. The van der Waals surface area contributed by atoms with Crippen LogP contribution >= 0.6 is 23.1 Å². The Balaban J connectivity index is 1.61. The van der Waals surface area contributed by atoms with Crippen LogP contribution in [0.5, 0.6) is 0 Å². The molecule has 9 heteroatoms. The lowest BCUT2D eigenvalue weighted by molar-refractivity contribution is -0.184. The number of carbonyl (C=O) groups excluding carboxylic acids is 2. The van der Waals surface area contributed by atoms with Crippen LogP contribution < -0.4 is 0 Å². The van der Waals surface area contributed by atoms with E-state index in [1.165, 1.54) is 11.3 Å². The van der Waals surface area contributed by atoms with Gasteiger partial charge in [0.1, 0.15) is 11.0 Å². The van der Waals surface area contributed by atoms with Gasteiger partial charge in [0.15, 0.2) is 0 Å². The summed E-state index contributed by atoms with van der Waals surface area (Å²) in [5.41, 5.74) is 4.96. The molecule has 0 bridgehead atoms. The van der Waals surface area contributed by atoms with E-state index in [1.54, 1.807) is 49.4 Å². The Morgan fingerprint density at radius 1 is 1.12 bits per heavy atom. The van der Waals surface area contributed by atoms with E-state index in [-0.39, 0.29) is 6.42 Å². The number of hydrogen-bond acceptors (Lipinski definition) is 9. The molecular weight excluding hydrogens is 472 g/mol. The zero-order chi connectivity index (χ0) is 23.9. The predicted octanol–water partition coefficient (Wildman–Crippen LogP) is 4.64. The van der Waals surface area contributed by atoms with Crippen molar-refractivity contribution in [3.8, 4) is 0 Å². The first-order valence-corrected chi connectivity index (χ1v) is 12.2. The molecule has 0 spiro atoms. The molecular formula is C25H20N2O5S2. The van der Waals surface area contributed by atoms with Crippen molar-refractivity contribution in [1.82, 2.24) is 8.75 Å². The summed E-state index contributed by atoms with van der Waals surface area (Å²) >= 11 is 2.43. The maximum atomic E-state index is 13.1. The Labute approximate surface area is 203 Å². The van der Waals surface area contributed by atoms with E-state index in [9.17, 15) is 14.7 Å². The molecule has 0 fully saturated rings. The molecule has 0 amide bonds. The second-order valence-corrected chi connectivity index (χ2v) is 9.38. The fourth-order valence-electron chi connectivity index (χ4n) is 3.96. The number of esters is 2. The van der Waals surface area contributed by atoms with Gasteiger partial charge in [-0.2, -0.15) is 8.75 Å². The fraction of sp³-hybridized carbons (Fsp3) is 0.200. The molecule has 1 aliphatic rings. The molecule has 0 radical (unpaired) electrons. The Morgan fingerprint density at radius 2 is 1.88 bits per heavy atom. The Morgan fingerprint density at radius 3 is 2.59 bits per heavy atom. The third kappa shape index (κ3) is 3.91. The number of thiophene rings is 1. The van der Waals surface area contributed by atoms with Crippen molar-refractivity contribution in [1.29, 1.82) is 0 Å². The first kappa shape index (κ1) is 22.4. The number of carbonyl (C=O) groups is 2. The van der Waals surface area contributed by atoms with Crippen LogP contribution in [0.25, 0.3) is 16.6 Å². The van der Waals surface area contributed by atoms with Crippen molar-refractivity contribution in [3.05, 3.63) is 86.6 Å². The van der Waals surface area contributed by atoms with Gasteiger partial charge >= 0.3 is 11.9 Å². The number of nitrogens with zero attached hydrogens (tertiary/aromatic N) is 2. The van der Waals surface area contributed by atoms with Crippen LogP contribution in [0.15, 0.2) is 59.5 Å². The maximum absolute atomic E-state index is 13.1. The minimum atomic E-state index is -1.89. The normalized spacial score (nSPS) is 17.9. The molecule has 3 heterocycles. The SMILES string of the molecule is CCOC(=O)c1ccc(CC2=C(c3ccc4nsnc4c3)C(=O)OC2(O)c2cc(C)cs2)cc1. The summed E-state index contributed by atoms with van der Waals surface area (Å²) in [5.74, 6) is -2.89. The lowest BCUT2D eigenvalue weighted by Crippen LogP contribution is -2.28. The first-order valence-electron chi connectivity index (χ1n) is 10.6. The Bertz CT molecular complexity index is 1440. The van der Waals surface area contributed by atoms with E-state index < -0.39 is 17.7 Å². The molecule has 2 aromatic heterocycles. The van der Waals surface area contributed by atoms with E-state index >= 15 is 0 Å². The fourth-order valence-corrected chi connectivity index (χ4v) is 5.44. The van der Waals surface area contributed by atoms with Gasteiger partial charge in [-0.1, -0.05) is 18.2 Å². The van der Waals surface area contributed by atoms with Crippen molar-refractivity contribution >= 4 is 51.6 Å². The average Bonchev–Trinajstić information content (AvgIpc) is 3.53. The van der Waals surface area contributed by atoms with Crippen LogP contribution in [0.1, 0.15) is 38.8 Å². The van der Waals surface area contributed by atoms with Gasteiger partial charge < -0.3 is 14.6 Å². The van der Waals surface area contributed by atoms with E-state index in [2.05, 4.69) is 8.75 Å². The summed E-state index contributed by atoms with van der Waals surface area (Å²) in [6, 6.07) is 14.1. The van der Waals surface area contributed by atoms with Crippen LogP contribution in [0.4, 0.5) is 0 Å². The molecule has 1 aliphatic heterocycles. The number of benzene rings is 2. The Kier molecular flexibility index (Phi) is 5.76. The molecule has 172 valence electrons. The number of aliphatic hydroxyl groups is 1. The minimum absolute atomic E-state index is 0.241. The van der Waals surface area contributed by atoms with Crippen LogP contribution in [0.3, 0.4) is 0 Å². The molecule has 1 N–H and O–H groups in total. The number of aromatic nitrogens is 2. The number of ether oxygens (including phenoxy) is 2. The van der Waals surface area contributed by atoms with E-state index in [4.69, 9.17) is 9.47 Å². The van der Waals surface area contributed by atoms with Crippen LogP contribution in [-0.4, -0.2) is 32.4 Å².